The lowest BCUT2D eigenvalue weighted by Crippen LogP contribution is -2.31. The van der Waals surface area contributed by atoms with E-state index in [2.05, 4.69) is 18.8 Å². The molecule has 1 aliphatic heterocycles. The van der Waals surface area contributed by atoms with Gasteiger partial charge in [-0.05, 0) is 64.6 Å². The van der Waals surface area contributed by atoms with Gasteiger partial charge in [-0.2, -0.15) is 0 Å². The molecule has 0 radical (unpaired) electrons. The van der Waals surface area contributed by atoms with Crippen LogP contribution in [0.3, 0.4) is 0 Å². The Hall–Kier alpha value is -3.71. The predicted molar refractivity (Wildman–Crippen MR) is 135 cm³/mol. The highest BCUT2D eigenvalue weighted by Crippen LogP contribution is 2.45. The topological polar surface area (TPSA) is 77.9 Å². The SMILES string of the molecule is COc1cc(C(C)C)c(C=CC2CC(O)CC(=O)O2)c(-c2ccc(F)cc2)c1OCc1ccncc1. The van der Waals surface area contributed by atoms with Crippen LogP contribution in [0, 0.1) is 5.82 Å². The third kappa shape index (κ3) is 5.91. The van der Waals surface area contributed by atoms with E-state index in [1.807, 2.05) is 24.3 Å². The molecule has 0 amide bonds. The number of hydrogen-bond donors (Lipinski definition) is 1. The van der Waals surface area contributed by atoms with E-state index in [1.165, 1.54) is 12.1 Å². The largest absolute Gasteiger partial charge is 0.493 e. The number of benzene rings is 2. The van der Waals surface area contributed by atoms with Crippen LogP contribution in [0.15, 0.2) is 60.9 Å². The van der Waals surface area contributed by atoms with E-state index >= 15 is 0 Å². The summed E-state index contributed by atoms with van der Waals surface area (Å²) in [5, 5.41) is 10.0. The van der Waals surface area contributed by atoms with Crippen molar-refractivity contribution in [2.75, 3.05) is 7.11 Å². The van der Waals surface area contributed by atoms with Crippen molar-refractivity contribution in [2.24, 2.45) is 0 Å². The van der Waals surface area contributed by atoms with E-state index < -0.39 is 18.2 Å². The molecular formula is C29H30FNO5. The van der Waals surface area contributed by atoms with Crippen molar-refractivity contribution in [3.8, 4) is 22.6 Å². The first-order valence-electron chi connectivity index (χ1n) is 11.9. The highest BCUT2D eigenvalue weighted by molar-refractivity contribution is 5.85. The van der Waals surface area contributed by atoms with Crippen molar-refractivity contribution in [1.29, 1.82) is 0 Å². The second-order valence-electron chi connectivity index (χ2n) is 9.07. The van der Waals surface area contributed by atoms with Gasteiger partial charge in [0, 0.05) is 24.4 Å². The maximum Gasteiger partial charge on any atom is 0.309 e. The number of ether oxygens (including phenoxy) is 3. The van der Waals surface area contributed by atoms with E-state index in [0.717, 1.165) is 27.8 Å². The second kappa shape index (κ2) is 11.4. The van der Waals surface area contributed by atoms with E-state index in [0.29, 0.717) is 17.9 Å². The molecule has 36 heavy (non-hydrogen) atoms. The van der Waals surface area contributed by atoms with Crippen molar-refractivity contribution >= 4 is 12.0 Å². The average molecular weight is 492 g/mol. The number of cyclic esters (lactones) is 1. The minimum atomic E-state index is -0.739. The van der Waals surface area contributed by atoms with Gasteiger partial charge in [0.1, 0.15) is 18.5 Å². The van der Waals surface area contributed by atoms with Crippen LogP contribution >= 0.6 is 0 Å². The monoisotopic (exact) mass is 491 g/mol. The molecular weight excluding hydrogens is 461 g/mol. The van der Waals surface area contributed by atoms with E-state index in [1.54, 1.807) is 37.7 Å². The van der Waals surface area contributed by atoms with Gasteiger partial charge in [-0.1, -0.05) is 32.1 Å². The number of halogens is 1. The fourth-order valence-electron chi connectivity index (χ4n) is 4.29. The quantitative estimate of drug-likeness (QED) is 0.409. The number of pyridine rings is 1. The molecule has 3 aromatic rings. The van der Waals surface area contributed by atoms with E-state index in [-0.39, 0.29) is 24.8 Å². The van der Waals surface area contributed by atoms with Crippen molar-refractivity contribution in [1.82, 2.24) is 4.98 Å². The molecule has 7 heteroatoms. The van der Waals surface area contributed by atoms with Gasteiger partial charge in [-0.3, -0.25) is 9.78 Å². The molecule has 1 aliphatic rings. The lowest BCUT2D eigenvalue weighted by molar-refractivity contribution is -0.156. The van der Waals surface area contributed by atoms with Gasteiger partial charge in [0.05, 0.1) is 19.6 Å². The summed E-state index contributed by atoms with van der Waals surface area (Å²) >= 11 is 0. The van der Waals surface area contributed by atoms with Gasteiger partial charge >= 0.3 is 5.97 Å². The Bertz CT molecular complexity index is 1220. The number of aliphatic hydroxyl groups is 1. The first-order valence-corrected chi connectivity index (χ1v) is 11.9. The summed E-state index contributed by atoms with van der Waals surface area (Å²) < 4.78 is 31.3. The molecule has 4 rings (SSSR count). The summed E-state index contributed by atoms with van der Waals surface area (Å²) in [5.74, 6) is 0.424. The van der Waals surface area contributed by atoms with Crippen molar-refractivity contribution in [2.45, 2.75) is 51.4 Å². The van der Waals surface area contributed by atoms with Crippen LogP contribution in [0.2, 0.25) is 0 Å². The Balaban J connectivity index is 1.86. The van der Waals surface area contributed by atoms with Crippen molar-refractivity contribution < 1.29 is 28.5 Å². The first-order chi connectivity index (χ1) is 17.4. The summed E-state index contributed by atoms with van der Waals surface area (Å²) in [6.07, 6.45) is 6.11. The van der Waals surface area contributed by atoms with E-state index in [9.17, 15) is 14.3 Å². The lowest BCUT2D eigenvalue weighted by atomic mass is 9.88. The van der Waals surface area contributed by atoms with Crippen LogP contribution in [0.1, 0.15) is 49.3 Å². The Morgan fingerprint density at radius 3 is 2.56 bits per heavy atom. The Kier molecular flexibility index (Phi) is 8.00. The summed E-state index contributed by atoms with van der Waals surface area (Å²) in [6, 6.07) is 11.9. The van der Waals surface area contributed by atoms with Crippen LogP contribution in [-0.4, -0.2) is 35.4 Å². The Labute approximate surface area is 210 Å². The molecule has 1 N–H and O–H groups in total. The number of methoxy groups -OCH3 is 1. The molecule has 0 spiro atoms. The van der Waals surface area contributed by atoms with E-state index in [4.69, 9.17) is 14.2 Å². The number of aromatic nitrogens is 1. The molecule has 0 bridgehead atoms. The zero-order valence-corrected chi connectivity index (χ0v) is 20.6. The fourth-order valence-corrected chi connectivity index (χ4v) is 4.29. The molecule has 0 aliphatic carbocycles. The fraction of sp³-hybridized carbons (Fsp3) is 0.310. The number of esters is 1. The van der Waals surface area contributed by atoms with Crippen LogP contribution in [-0.2, 0) is 16.1 Å². The van der Waals surface area contributed by atoms with Crippen molar-refractivity contribution in [3.63, 3.8) is 0 Å². The maximum absolute atomic E-state index is 13.8. The van der Waals surface area contributed by atoms with Gasteiger partial charge in [0.25, 0.3) is 0 Å². The highest BCUT2D eigenvalue weighted by atomic mass is 19.1. The third-order valence-electron chi connectivity index (χ3n) is 6.09. The van der Waals surface area contributed by atoms with Gasteiger partial charge in [-0.15, -0.1) is 0 Å². The number of carbonyl (C=O) groups excluding carboxylic acids is 1. The Morgan fingerprint density at radius 2 is 1.92 bits per heavy atom. The molecule has 1 fully saturated rings. The third-order valence-corrected chi connectivity index (χ3v) is 6.09. The van der Waals surface area contributed by atoms with Crippen LogP contribution in [0.4, 0.5) is 4.39 Å². The van der Waals surface area contributed by atoms with Crippen LogP contribution in [0.25, 0.3) is 17.2 Å². The lowest BCUT2D eigenvalue weighted by Gasteiger charge is -2.25. The second-order valence-corrected chi connectivity index (χ2v) is 9.07. The minimum absolute atomic E-state index is 0.00204. The summed E-state index contributed by atoms with van der Waals surface area (Å²) in [6.45, 7) is 4.43. The van der Waals surface area contributed by atoms with Gasteiger partial charge in [-0.25, -0.2) is 4.39 Å². The number of rotatable bonds is 8. The van der Waals surface area contributed by atoms with Gasteiger partial charge in [0.15, 0.2) is 11.5 Å². The standard InChI is InChI=1S/C29H30FNO5/c1-18(2)25-16-26(34-3)29(35-17-19-10-12-31-13-11-19)28(20-4-6-21(30)7-5-20)24(25)9-8-23-14-22(32)15-27(33)36-23/h4-13,16,18,22-23,32H,14-15,17H2,1-3H3. The highest BCUT2D eigenvalue weighted by Gasteiger charge is 2.26. The molecule has 2 heterocycles. The number of carbonyl (C=O) groups is 1. The van der Waals surface area contributed by atoms with Crippen LogP contribution < -0.4 is 9.47 Å². The zero-order valence-electron chi connectivity index (χ0n) is 20.6. The molecule has 1 saturated heterocycles. The molecule has 2 aromatic carbocycles. The molecule has 188 valence electrons. The van der Waals surface area contributed by atoms with Crippen molar-refractivity contribution in [3.05, 3.63) is 83.4 Å². The summed E-state index contributed by atoms with van der Waals surface area (Å²) in [7, 11) is 1.59. The Morgan fingerprint density at radius 1 is 1.19 bits per heavy atom. The molecule has 6 nitrogen and oxygen atoms in total. The first kappa shape index (κ1) is 25.4. The zero-order chi connectivity index (χ0) is 25.7. The predicted octanol–water partition coefficient (Wildman–Crippen LogP) is 5.68. The van der Waals surface area contributed by atoms with Crippen LogP contribution in [0.5, 0.6) is 11.5 Å². The molecule has 2 atom stereocenters. The molecule has 1 aromatic heterocycles. The maximum atomic E-state index is 13.8. The molecule has 2 unspecified atom stereocenters. The average Bonchev–Trinajstić information content (AvgIpc) is 2.86. The van der Waals surface area contributed by atoms with Gasteiger partial charge < -0.3 is 19.3 Å². The number of hydrogen-bond acceptors (Lipinski definition) is 6. The number of nitrogens with zero attached hydrogens (tertiary/aromatic N) is 1. The summed E-state index contributed by atoms with van der Waals surface area (Å²) in [5.41, 5.74) is 4.26. The smallest absolute Gasteiger partial charge is 0.309 e. The minimum Gasteiger partial charge on any atom is -0.493 e. The molecule has 0 saturated carbocycles. The summed E-state index contributed by atoms with van der Waals surface area (Å²) in [4.78, 5) is 15.9. The van der Waals surface area contributed by atoms with Gasteiger partial charge in [0.2, 0.25) is 0 Å². The normalized spacial score (nSPS) is 17.9. The number of aliphatic hydroxyl groups excluding tert-OH is 1.